The summed E-state index contributed by atoms with van der Waals surface area (Å²) in [6.45, 7) is 2.41. The number of aliphatic hydroxyl groups is 1. The van der Waals surface area contributed by atoms with Gasteiger partial charge in [0.25, 0.3) is 0 Å². The van der Waals surface area contributed by atoms with E-state index >= 15 is 0 Å². The molecule has 0 saturated heterocycles. The summed E-state index contributed by atoms with van der Waals surface area (Å²) in [4.78, 5) is 0. The molecule has 0 bridgehead atoms. The van der Waals surface area contributed by atoms with Crippen LogP contribution in [0.15, 0.2) is 10.2 Å². The highest BCUT2D eigenvalue weighted by Gasteiger charge is 2.32. The zero-order chi connectivity index (χ0) is 8.86. The number of rotatable bonds is 7. The van der Waals surface area contributed by atoms with E-state index in [1.807, 2.05) is 0 Å². The van der Waals surface area contributed by atoms with Gasteiger partial charge in [0.15, 0.2) is 5.66 Å². The summed E-state index contributed by atoms with van der Waals surface area (Å²) in [7, 11) is 0. The van der Waals surface area contributed by atoms with Crippen LogP contribution in [0.25, 0.3) is 0 Å². The zero-order valence-electron chi connectivity index (χ0n) is 7.79. The van der Waals surface area contributed by atoms with Gasteiger partial charge < -0.3 is 5.11 Å². The second-order valence-electron chi connectivity index (χ2n) is 3.66. The highest BCUT2D eigenvalue weighted by atomic mass is 16.2. The van der Waals surface area contributed by atoms with Crippen molar-refractivity contribution in [1.29, 1.82) is 0 Å². The average molecular weight is 170 g/mol. The summed E-state index contributed by atoms with van der Waals surface area (Å²) in [5.41, 5.74) is -0.00300. The van der Waals surface area contributed by atoms with Crippen molar-refractivity contribution in [1.82, 2.24) is 0 Å². The Morgan fingerprint density at radius 1 is 1.00 bits per heavy atom. The molecule has 1 aliphatic heterocycles. The van der Waals surface area contributed by atoms with Crippen molar-refractivity contribution in [3.8, 4) is 0 Å². The molecule has 1 rings (SSSR count). The van der Waals surface area contributed by atoms with Gasteiger partial charge in [0, 0.05) is 6.61 Å². The van der Waals surface area contributed by atoms with Crippen molar-refractivity contribution in [3.63, 3.8) is 0 Å². The smallest absolute Gasteiger partial charge is 0.188 e. The van der Waals surface area contributed by atoms with E-state index in [0.29, 0.717) is 6.61 Å². The normalized spacial score (nSPS) is 18.2. The molecule has 0 aromatic heterocycles. The molecule has 1 N–H and O–H groups in total. The second-order valence-corrected chi connectivity index (χ2v) is 3.66. The van der Waals surface area contributed by atoms with Crippen LogP contribution < -0.4 is 0 Å². The van der Waals surface area contributed by atoms with Crippen LogP contribution in [-0.2, 0) is 0 Å². The lowest BCUT2D eigenvalue weighted by atomic mass is 10.1. The molecule has 3 nitrogen and oxygen atoms in total. The molecule has 0 aliphatic carbocycles. The Labute approximate surface area is 73.9 Å². The quantitative estimate of drug-likeness (QED) is 0.586. The second kappa shape index (κ2) is 4.55. The van der Waals surface area contributed by atoms with Crippen molar-refractivity contribution < 1.29 is 5.11 Å². The predicted molar refractivity (Wildman–Crippen MR) is 48.0 cm³/mol. The van der Waals surface area contributed by atoms with Crippen LogP contribution in [0.5, 0.6) is 0 Å². The minimum absolute atomic E-state index is 0.00300. The molecule has 0 aromatic rings. The molecule has 0 fully saturated rings. The van der Waals surface area contributed by atoms with E-state index in [0.717, 1.165) is 19.3 Å². The first-order valence-electron chi connectivity index (χ1n) is 4.82. The Bertz CT molecular complexity index is 151. The first kappa shape index (κ1) is 9.65. The van der Waals surface area contributed by atoms with Crippen LogP contribution in [0.1, 0.15) is 45.4 Å². The molecule has 3 heteroatoms. The number of hydrogen-bond acceptors (Lipinski definition) is 3. The average Bonchev–Trinajstić information content (AvgIpc) is 2.77. The molecular formula is C9H18N2O. The highest BCUT2D eigenvalue weighted by molar-refractivity contribution is 4.87. The van der Waals surface area contributed by atoms with Crippen molar-refractivity contribution >= 4 is 0 Å². The summed E-state index contributed by atoms with van der Waals surface area (Å²) < 4.78 is 0. The molecule has 1 aliphatic rings. The lowest BCUT2D eigenvalue weighted by molar-refractivity contribution is 0.282. The molecule has 0 radical (unpaired) electrons. The fraction of sp³-hybridized carbons (Fsp3) is 1.00. The van der Waals surface area contributed by atoms with E-state index in [2.05, 4.69) is 17.2 Å². The van der Waals surface area contributed by atoms with E-state index in [4.69, 9.17) is 5.11 Å². The van der Waals surface area contributed by atoms with Crippen LogP contribution in [0.3, 0.4) is 0 Å². The molecule has 0 amide bonds. The molecule has 0 saturated carbocycles. The van der Waals surface area contributed by atoms with Gasteiger partial charge in [0.05, 0.1) is 0 Å². The van der Waals surface area contributed by atoms with Gasteiger partial charge in [-0.1, -0.05) is 19.3 Å². The van der Waals surface area contributed by atoms with Crippen LogP contribution in [-0.4, -0.2) is 17.4 Å². The Balaban J connectivity index is 1.77. The molecule has 12 heavy (non-hydrogen) atoms. The van der Waals surface area contributed by atoms with Crippen LogP contribution in [0.4, 0.5) is 0 Å². The van der Waals surface area contributed by atoms with Gasteiger partial charge >= 0.3 is 0 Å². The van der Waals surface area contributed by atoms with E-state index in [-0.39, 0.29) is 5.66 Å². The highest BCUT2D eigenvalue weighted by Crippen LogP contribution is 2.32. The number of nitrogens with zero attached hydrogens (tertiary/aromatic N) is 2. The molecule has 0 aromatic carbocycles. The van der Waals surface area contributed by atoms with E-state index in [1.54, 1.807) is 0 Å². The monoisotopic (exact) mass is 170 g/mol. The van der Waals surface area contributed by atoms with Gasteiger partial charge in [-0.3, -0.25) is 0 Å². The van der Waals surface area contributed by atoms with Crippen LogP contribution >= 0.6 is 0 Å². The Hall–Kier alpha value is -0.440. The topological polar surface area (TPSA) is 45.0 Å². The minimum Gasteiger partial charge on any atom is -0.396 e. The van der Waals surface area contributed by atoms with E-state index in [9.17, 15) is 0 Å². The standard InChI is InChI=1S/C9H18N2O/c1-9(10-11-9)7-5-3-2-4-6-8-12/h12H,2-8H2,1H3. The first-order valence-corrected chi connectivity index (χ1v) is 4.82. The third-order valence-electron chi connectivity index (χ3n) is 2.25. The summed E-state index contributed by atoms with van der Waals surface area (Å²) in [6.07, 6.45) is 6.91. The van der Waals surface area contributed by atoms with Gasteiger partial charge in [-0.25, -0.2) is 0 Å². The van der Waals surface area contributed by atoms with Crippen LogP contribution in [0.2, 0.25) is 0 Å². The zero-order valence-corrected chi connectivity index (χ0v) is 7.79. The van der Waals surface area contributed by atoms with Gasteiger partial charge in [-0.15, -0.1) is 0 Å². The largest absolute Gasteiger partial charge is 0.396 e. The van der Waals surface area contributed by atoms with E-state index in [1.165, 1.54) is 19.3 Å². The van der Waals surface area contributed by atoms with Crippen molar-refractivity contribution in [3.05, 3.63) is 0 Å². The third kappa shape index (κ3) is 3.81. The van der Waals surface area contributed by atoms with Gasteiger partial charge in [-0.05, 0) is 26.2 Å². The summed E-state index contributed by atoms with van der Waals surface area (Å²) >= 11 is 0. The number of unbranched alkanes of at least 4 members (excludes halogenated alkanes) is 4. The molecule has 0 unspecified atom stereocenters. The molecule has 0 spiro atoms. The Kier molecular flexibility index (Phi) is 3.66. The third-order valence-corrected chi connectivity index (χ3v) is 2.25. The van der Waals surface area contributed by atoms with Gasteiger partial charge in [0.2, 0.25) is 0 Å². The van der Waals surface area contributed by atoms with Crippen LogP contribution in [0, 0.1) is 0 Å². The Morgan fingerprint density at radius 3 is 2.17 bits per heavy atom. The lowest BCUT2D eigenvalue weighted by Gasteiger charge is -2.02. The minimum atomic E-state index is -0.00300. The maximum atomic E-state index is 8.53. The Morgan fingerprint density at radius 2 is 1.58 bits per heavy atom. The summed E-state index contributed by atoms with van der Waals surface area (Å²) in [5, 5.41) is 16.4. The first-order chi connectivity index (χ1) is 5.77. The predicted octanol–water partition coefficient (Wildman–Crippen LogP) is 2.50. The van der Waals surface area contributed by atoms with Gasteiger partial charge in [-0.2, -0.15) is 10.2 Å². The van der Waals surface area contributed by atoms with Gasteiger partial charge in [0.1, 0.15) is 0 Å². The van der Waals surface area contributed by atoms with Crippen molar-refractivity contribution in [2.24, 2.45) is 10.2 Å². The van der Waals surface area contributed by atoms with Crippen molar-refractivity contribution in [2.75, 3.05) is 6.61 Å². The molecule has 70 valence electrons. The molecule has 0 atom stereocenters. The summed E-state index contributed by atoms with van der Waals surface area (Å²) in [5.74, 6) is 0. The molecule has 1 heterocycles. The van der Waals surface area contributed by atoms with E-state index < -0.39 is 0 Å². The maximum absolute atomic E-state index is 8.53. The van der Waals surface area contributed by atoms with Crippen molar-refractivity contribution in [2.45, 2.75) is 51.1 Å². The maximum Gasteiger partial charge on any atom is 0.188 e. The number of aliphatic hydroxyl groups excluding tert-OH is 1. The SMILES string of the molecule is CC1(CCCCCCCO)N=N1. The molecular weight excluding hydrogens is 152 g/mol. The fourth-order valence-corrected chi connectivity index (χ4v) is 1.29. The lowest BCUT2D eigenvalue weighted by Crippen LogP contribution is -2.02. The summed E-state index contributed by atoms with van der Waals surface area (Å²) in [6, 6.07) is 0. The number of hydrogen-bond donors (Lipinski definition) is 1. The fourth-order valence-electron chi connectivity index (χ4n) is 1.29.